The van der Waals surface area contributed by atoms with Gasteiger partial charge in [0.25, 0.3) is 0 Å². The number of carbonyl (C=O) groups is 1. The SMILES string of the molecule is CC(Nc1ccc(Cl)nc1C(=O)O)c1cccc2c1nc(N1CCOCC1)n1cc(C(F)(F)F)nc21. The summed E-state index contributed by atoms with van der Waals surface area (Å²) in [4.78, 5) is 26.1. The molecule has 4 aromatic rings. The number of para-hydroxylation sites is 1. The lowest BCUT2D eigenvalue weighted by Gasteiger charge is -2.29. The Bertz CT molecular complexity index is 1470. The molecule has 0 saturated carbocycles. The summed E-state index contributed by atoms with van der Waals surface area (Å²) in [6, 6.07) is 7.63. The highest BCUT2D eigenvalue weighted by molar-refractivity contribution is 6.29. The zero-order valence-corrected chi connectivity index (χ0v) is 19.6. The van der Waals surface area contributed by atoms with Crippen LogP contribution in [0.2, 0.25) is 5.15 Å². The van der Waals surface area contributed by atoms with Crippen molar-refractivity contribution in [1.29, 1.82) is 0 Å². The fourth-order valence-electron chi connectivity index (χ4n) is 4.24. The largest absolute Gasteiger partial charge is 0.476 e. The second kappa shape index (κ2) is 9.10. The van der Waals surface area contributed by atoms with E-state index in [2.05, 4.69) is 15.3 Å². The van der Waals surface area contributed by atoms with Gasteiger partial charge in [-0.3, -0.25) is 4.40 Å². The van der Waals surface area contributed by atoms with Crippen LogP contribution in [0.3, 0.4) is 0 Å². The zero-order valence-electron chi connectivity index (χ0n) is 18.9. The minimum atomic E-state index is -4.62. The monoisotopic (exact) mass is 520 g/mol. The van der Waals surface area contributed by atoms with Gasteiger partial charge in [-0.1, -0.05) is 23.7 Å². The molecule has 36 heavy (non-hydrogen) atoms. The van der Waals surface area contributed by atoms with Crippen molar-refractivity contribution in [3.8, 4) is 0 Å². The van der Waals surface area contributed by atoms with Gasteiger partial charge in [0.1, 0.15) is 10.8 Å². The van der Waals surface area contributed by atoms with Crippen molar-refractivity contribution in [3.63, 3.8) is 0 Å². The van der Waals surface area contributed by atoms with E-state index in [-0.39, 0.29) is 22.2 Å². The fourth-order valence-corrected chi connectivity index (χ4v) is 4.39. The smallest absolute Gasteiger partial charge is 0.434 e. The molecule has 4 heterocycles. The van der Waals surface area contributed by atoms with E-state index in [0.29, 0.717) is 48.7 Å². The third kappa shape index (κ3) is 4.37. The van der Waals surface area contributed by atoms with E-state index in [0.717, 1.165) is 6.20 Å². The van der Waals surface area contributed by atoms with Gasteiger partial charge in [-0.2, -0.15) is 13.2 Å². The van der Waals surface area contributed by atoms with Crippen molar-refractivity contribution in [1.82, 2.24) is 19.4 Å². The molecule has 3 aromatic heterocycles. The van der Waals surface area contributed by atoms with Crippen molar-refractivity contribution in [3.05, 3.63) is 58.6 Å². The number of rotatable bonds is 5. The molecule has 188 valence electrons. The molecule has 1 atom stereocenters. The molecule has 0 aliphatic carbocycles. The van der Waals surface area contributed by atoms with Gasteiger partial charge in [-0.15, -0.1) is 0 Å². The Kier molecular flexibility index (Phi) is 6.08. The summed E-state index contributed by atoms with van der Waals surface area (Å²) in [7, 11) is 0. The second-order valence-electron chi connectivity index (χ2n) is 8.27. The minimum absolute atomic E-state index is 0.0368. The Morgan fingerprint density at radius 1 is 1.17 bits per heavy atom. The van der Waals surface area contributed by atoms with Crippen molar-refractivity contribution >= 4 is 45.8 Å². The third-order valence-corrected chi connectivity index (χ3v) is 6.14. The van der Waals surface area contributed by atoms with E-state index in [9.17, 15) is 23.1 Å². The highest BCUT2D eigenvalue weighted by atomic mass is 35.5. The highest BCUT2D eigenvalue weighted by Crippen LogP contribution is 2.35. The molecule has 0 spiro atoms. The van der Waals surface area contributed by atoms with Crippen molar-refractivity contribution in [2.45, 2.75) is 19.1 Å². The van der Waals surface area contributed by atoms with Crippen LogP contribution >= 0.6 is 11.6 Å². The first-order chi connectivity index (χ1) is 17.1. The quantitative estimate of drug-likeness (QED) is 0.366. The summed E-state index contributed by atoms with van der Waals surface area (Å²) < 4.78 is 47.5. The number of halogens is 4. The molecule has 9 nitrogen and oxygen atoms in total. The van der Waals surface area contributed by atoms with Crippen LogP contribution in [0.1, 0.15) is 34.7 Å². The molecule has 0 radical (unpaired) electrons. The van der Waals surface area contributed by atoms with Gasteiger partial charge in [-0.05, 0) is 25.1 Å². The van der Waals surface area contributed by atoms with Crippen LogP contribution in [0.4, 0.5) is 24.8 Å². The van der Waals surface area contributed by atoms with Gasteiger partial charge in [-0.25, -0.2) is 19.7 Å². The maximum absolute atomic E-state index is 13.6. The van der Waals surface area contributed by atoms with Crippen LogP contribution in [0, 0.1) is 0 Å². The Labute approximate surface area is 207 Å². The lowest BCUT2D eigenvalue weighted by Crippen LogP contribution is -2.38. The predicted octanol–water partition coefficient (Wildman–Crippen LogP) is 4.66. The Hall–Kier alpha value is -3.64. The maximum atomic E-state index is 13.6. The van der Waals surface area contributed by atoms with Crippen LogP contribution in [-0.2, 0) is 10.9 Å². The molecule has 1 aromatic carbocycles. The summed E-state index contributed by atoms with van der Waals surface area (Å²) in [5.41, 5.74) is 0.202. The molecule has 0 bridgehead atoms. The summed E-state index contributed by atoms with van der Waals surface area (Å²) >= 11 is 5.86. The van der Waals surface area contributed by atoms with Crippen LogP contribution < -0.4 is 10.2 Å². The van der Waals surface area contributed by atoms with Crippen molar-refractivity contribution in [2.24, 2.45) is 0 Å². The predicted molar refractivity (Wildman–Crippen MR) is 127 cm³/mol. The van der Waals surface area contributed by atoms with Gasteiger partial charge >= 0.3 is 12.1 Å². The number of imidazole rings is 1. The molecule has 1 fully saturated rings. The Morgan fingerprint density at radius 3 is 2.61 bits per heavy atom. The summed E-state index contributed by atoms with van der Waals surface area (Å²) in [6.45, 7) is 3.55. The maximum Gasteiger partial charge on any atom is 0.434 e. The standard InChI is InChI=1S/C23H20ClF3N6O3/c1-12(28-15-5-6-17(24)30-19(15)21(34)35)13-3-2-4-14-18(13)31-22(32-7-9-36-10-8-32)33-11-16(23(25,26)27)29-20(14)33/h2-6,11-12,28H,7-10H2,1H3,(H,34,35). The summed E-state index contributed by atoms with van der Waals surface area (Å²) in [6.07, 6.45) is -3.67. The van der Waals surface area contributed by atoms with E-state index in [4.69, 9.17) is 21.3 Å². The first-order valence-corrected chi connectivity index (χ1v) is 11.4. The van der Waals surface area contributed by atoms with Gasteiger partial charge in [0.15, 0.2) is 11.4 Å². The molecule has 1 aliphatic heterocycles. The van der Waals surface area contributed by atoms with Crippen LogP contribution in [0.25, 0.3) is 16.6 Å². The number of anilines is 2. The fraction of sp³-hybridized carbons (Fsp3) is 0.304. The number of pyridine rings is 1. The summed E-state index contributed by atoms with van der Waals surface area (Å²) in [5.74, 6) is -0.931. The molecule has 0 amide bonds. The number of fused-ring (bicyclic) bond motifs is 3. The van der Waals surface area contributed by atoms with Crippen LogP contribution in [0.15, 0.2) is 36.5 Å². The summed E-state index contributed by atoms with van der Waals surface area (Å²) in [5, 5.41) is 13.1. The molecule has 1 saturated heterocycles. The van der Waals surface area contributed by atoms with Crippen molar-refractivity contribution < 1.29 is 27.8 Å². The Morgan fingerprint density at radius 2 is 1.92 bits per heavy atom. The second-order valence-corrected chi connectivity index (χ2v) is 8.66. The lowest BCUT2D eigenvalue weighted by molar-refractivity contribution is -0.140. The number of carboxylic acids is 1. The van der Waals surface area contributed by atoms with E-state index in [1.165, 1.54) is 16.5 Å². The lowest BCUT2D eigenvalue weighted by atomic mass is 10.0. The topological polar surface area (TPSA) is 105 Å². The molecular weight excluding hydrogens is 501 g/mol. The van der Waals surface area contributed by atoms with Gasteiger partial charge in [0.2, 0.25) is 5.95 Å². The van der Waals surface area contributed by atoms with Gasteiger partial charge in [0.05, 0.1) is 30.5 Å². The van der Waals surface area contributed by atoms with E-state index in [1.807, 2.05) is 4.90 Å². The normalized spacial score (nSPS) is 15.4. The number of benzene rings is 1. The molecular formula is C23H20ClF3N6O3. The number of aromatic carboxylic acids is 1. The molecule has 13 heteroatoms. The number of nitrogens with zero attached hydrogens (tertiary/aromatic N) is 5. The zero-order chi connectivity index (χ0) is 25.6. The first-order valence-electron chi connectivity index (χ1n) is 11.0. The average Bonchev–Trinajstić information content (AvgIpc) is 3.31. The Balaban J connectivity index is 1.67. The first kappa shape index (κ1) is 24.1. The number of hydrogen-bond donors (Lipinski definition) is 2. The van der Waals surface area contributed by atoms with E-state index in [1.54, 1.807) is 25.1 Å². The number of nitrogens with one attached hydrogen (secondary N) is 1. The third-order valence-electron chi connectivity index (χ3n) is 5.93. The van der Waals surface area contributed by atoms with E-state index >= 15 is 0 Å². The molecule has 2 N–H and O–H groups in total. The van der Waals surface area contributed by atoms with E-state index < -0.39 is 23.9 Å². The number of ether oxygens (including phenoxy) is 1. The number of morpholine rings is 1. The van der Waals surface area contributed by atoms with Crippen molar-refractivity contribution in [2.75, 3.05) is 36.5 Å². The number of hydrogen-bond acceptors (Lipinski definition) is 7. The van der Waals surface area contributed by atoms with Gasteiger partial charge in [0, 0.05) is 30.2 Å². The molecule has 1 unspecified atom stereocenters. The molecule has 5 rings (SSSR count). The number of aromatic nitrogens is 4. The highest BCUT2D eigenvalue weighted by Gasteiger charge is 2.35. The number of alkyl halides is 3. The minimum Gasteiger partial charge on any atom is -0.476 e. The average molecular weight is 521 g/mol. The number of carboxylic acid groups (broad SMARTS) is 1. The van der Waals surface area contributed by atoms with Crippen LogP contribution in [-0.4, -0.2) is 56.7 Å². The van der Waals surface area contributed by atoms with Gasteiger partial charge < -0.3 is 20.1 Å². The molecule has 1 aliphatic rings. The van der Waals surface area contributed by atoms with Crippen LogP contribution in [0.5, 0.6) is 0 Å².